The summed E-state index contributed by atoms with van der Waals surface area (Å²) in [5.41, 5.74) is 1.48. The van der Waals surface area contributed by atoms with Gasteiger partial charge in [-0.3, -0.25) is 4.79 Å². The molecule has 5 heteroatoms. The van der Waals surface area contributed by atoms with Crippen LogP contribution >= 0.6 is 22.6 Å². The molecule has 1 aromatic carbocycles. The third-order valence-electron chi connectivity index (χ3n) is 2.22. The van der Waals surface area contributed by atoms with Crippen LogP contribution in [0, 0.1) is 10.5 Å². The summed E-state index contributed by atoms with van der Waals surface area (Å²) in [6.45, 7) is 2.19. The van der Waals surface area contributed by atoms with E-state index in [1.807, 2.05) is 25.1 Å². The first-order valence-electron chi connectivity index (χ1n) is 5.12. The molecule has 1 N–H and O–H groups in total. The number of aryl methyl sites for hydroxylation is 1. The average Bonchev–Trinajstić information content (AvgIpc) is 2.73. The van der Waals surface area contributed by atoms with E-state index in [1.165, 1.54) is 0 Å². The molecule has 2 rings (SSSR count). The van der Waals surface area contributed by atoms with Gasteiger partial charge in [-0.05, 0) is 41.6 Å². The molecule has 0 aliphatic carbocycles. The summed E-state index contributed by atoms with van der Waals surface area (Å²) in [5, 5.41) is 6.55. The van der Waals surface area contributed by atoms with Gasteiger partial charge in [0.2, 0.25) is 0 Å². The lowest BCUT2D eigenvalue weighted by atomic mass is 10.2. The second-order valence-corrected chi connectivity index (χ2v) is 4.76. The number of hydrogen-bond donors (Lipinski definition) is 1. The highest BCUT2D eigenvalue weighted by Crippen LogP contribution is 2.11. The molecule has 0 aliphatic heterocycles. The van der Waals surface area contributed by atoms with E-state index in [4.69, 9.17) is 4.52 Å². The van der Waals surface area contributed by atoms with E-state index < -0.39 is 0 Å². The van der Waals surface area contributed by atoms with E-state index in [1.54, 1.807) is 12.1 Å². The zero-order valence-electron chi connectivity index (χ0n) is 9.24. The van der Waals surface area contributed by atoms with Crippen molar-refractivity contribution in [1.29, 1.82) is 0 Å². The summed E-state index contributed by atoms with van der Waals surface area (Å²) >= 11 is 2.14. The largest absolute Gasteiger partial charge is 0.359 e. The number of halogens is 1. The number of amides is 1. The lowest BCUT2D eigenvalue weighted by Gasteiger charge is -2.04. The number of carbonyl (C=O) groups is 1. The predicted octanol–water partition coefficient (Wildman–Crippen LogP) is 2.52. The van der Waals surface area contributed by atoms with Gasteiger partial charge in [-0.1, -0.05) is 17.3 Å². The lowest BCUT2D eigenvalue weighted by molar-refractivity contribution is 0.0946. The van der Waals surface area contributed by atoms with Gasteiger partial charge in [0, 0.05) is 9.64 Å². The molecule has 1 heterocycles. The second kappa shape index (κ2) is 5.31. The van der Waals surface area contributed by atoms with Gasteiger partial charge in [0.1, 0.15) is 0 Å². The molecule has 0 saturated carbocycles. The van der Waals surface area contributed by atoms with Crippen LogP contribution < -0.4 is 5.32 Å². The van der Waals surface area contributed by atoms with Gasteiger partial charge in [0.15, 0.2) is 5.76 Å². The molecule has 1 aromatic heterocycles. The fraction of sp³-hybridized carbons (Fsp3) is 0.167. The molecular formula is C12H11IN2O2. The third-order valence-corrected chi connectivity index (χ3v) is 3.16. The van der Waals surface area contributed by atoms with E-state index >= 15 is 0 Å². The first-order chi connectivity index (χ1) is 8.16. The molecule has 0 radical (unpaired) electrons. The summed E-state index contributed by atoms with van der Waals surface area (Å²) in [6.07, 6.45) is 0. The molecule has 4 nitrogen and oxygen atoms in total. The van der Waals surface area contributed by atoms with Crippen molar-refractivity contribution >= 4 is 28.5 Å². The van der Waals surface area contributed by atoms with E-state index in [0.29, 0.717) is 17.9 Å². The molecule has 17 heavy (non-hydrogen) atoms. The Morgan fingerprint density at radius 2 is 2.24 bits per heavy atom. The number of hydrogen-bond acceptors (Lipinski definition) is 3. The van der Waals surface area contributed by atoms with Crippen molar-refractivity contribution in [2.75, 3.05) is 0 Å². The summed E-state index contributed by atoms with van der Waals surface area (Å²) < 4.78 is 5.94. The summed E-state index contributed by atoms with van der Waals surface area (Å²) in [7, 11) is 0. The number of carbonyl (C=O) groups excluding carboxylic acids is 1. The molecule has 0 spiro atoms. The Balaban J connectivity index is 2.01. The zero-order chi connectivity index (χ0) is 12.3. The molecule has 0 aliphatic rings. The molecule has 1 amide bonds. The van der Waals surface area contributed by atoms with E-state index in [-0.39, 0.29) is 5.91 Å². The van der Waals surface area contributed by atoms with E-state index in [2.05, 4.69) is 33.1 Å². The number of aromatic nitrogens is 1. The fourth-order valence-electron chi connectivity index (χ4n) is 1.41. The van der Waals surface area contributed by atoms with E-state index in [9.17, 15) is 4.79 Å². The van der Waals surface area contributed by atoms with E-state index in [0.717, 1.165) is 9.26 Å². The van der Waals surface area contributed by atoms with Crippen LogP contribution in [0.1, 0.15) is 21.8 Å². The van der Waals surface area contributed by atoms with Crippen LogP contribution in [0.3, 0.4) is 0 Å². The first-order valence-corrected chi connectivity index (χ1v) is 6.19. The number of nitrogens with zero attached hydrogens (tertiary/aromatic N) is 1. The molecule has 88 valence electrons. The van der Waals surface area contributed by atoms with Crippen molar-refractivity contribution in [2.45, 2.75) is 13.5 Å². The maximum atomic E-state index is 11.9. The van der Waals surface area contributed by atoms with Gasteiger partial charge in [0.05, 0.1) is 17.8 Å². The van der Waals surface area contributed by atoms with Crippen molar-refractivity contribution in [1.82, 2.24) is 10.5 Å². The Morgan fingerprint density at radius 1 is 1.47 bits per heavy atom. The standard InChI is InChI=1S/C12H11IN2O2/c1-8-6-9(17-15-8)7-14-12(16)10-4-2-3-5-11(10)13/h2-6H,7H2,1H3,(H,14,16). The minimum atomic E-state index is -0.107. The van der Waals surface area contributed by atoms with Gasteiger partial charge >= 0.3 is 0 Å². The Bertz CT molecular complexity index is 537. The molecular weight excluding hydrogens is 331 g/mol. The lowest BCUT2D eigenvalue weighted by Crippen LogP contribution is -2.23. The smallest absolute Gasteiger partial charge is 0.252 e. The quantitative estimate of drug-likeness (QED) is 0.872. The molecule has 0 fully saturated rings. The Labute approximate surface area is 113 Å². The van der Waals surface area contributed by atoms with Crippen LogP contribution in [-0.4, -0.2) is 11.1 Å². The second-order valence-electron chi connectivity index (χ2n) is 3.60. The van der Waals surface area contributed by atoms with Crippen LogP contribution in [0.25, 0.3) is 0 Å². The molecule has 0 unspecified atom stereocenters. The van der Waals surface area contributed by atoms with Crippen molar-refractivity contribution < 1.29 is 9.32 Å². The summed E-state index contributed by atoms with van der Waals surface area (Å²) in [5.74, 6) is 0.547. The van der Waals surface area contributed by atoms with Gasteiger partial charge < -0.3 is 9.84 Å². The molecule has 0 saturated heterocycles. The normalized spacial score (nSPS) is 10.2. The Hall–Kier alpha value is -1.37. The minimum Gasteiger partial charge on any atom is -0.359 e. The van der Waals surface area contributed by atoms with Crippen molar-refractivity contribution in [2.24, 2.45) is 0 Å². The molecule has 0 atom stereocenters. The number of nitrogens with one attached hydrogen (secondary N) is 1. The highest BCUT2D eigenvalue weighted by atomic mass is 127. The van der Waals surface area contributed by atoms with Crippen LogP contribution in [0.2, 0.25) is 0 Å². The Morgan fingerprint density at radius 3 is 2.88 bits per heavy atom. The maximum Gasteiger partial charge on any atom is 0.252 e. The monoisotopic (exact) mass is 342 g/mol. The van der Waals surface area contributed by atoms with Gasteiger partial charge in [0.25, 0.3) is 5.91 Å². The highest BCUT2D eigenvalue weighted by Gasteiger charge is 2.09. The van der Waals surface area contributed by atoms with Crippen molar-refractivity contribution in [3.63, 3.8) is 0 Å². The van der Waals surface area contributed by atoms with Crippen molar-refractivity contribution in [3.8, 4) is 0 Å². The first kappa shape index (κ1) is 12.1. The number of rotatable bonds is 3. The van der Waals surface area contributed by atoms with Crippen molar-refractivity contribution in [3.05, 3.63) is 50.9 Å². The summed E-state index contributed by atoms with van der Waals surface area (Å²) in [4.78, 5) is 11.9. The molecule has 2 aromatic rings. The Kier molecular flexibility index (Phi) is 3.78. The van der Waals surface area contributed by atoms with Crippen LogP contribution in [0.15, 0.2) is 34.9 Å². The summed E-state index contributed by atoms with van der Waals surface area (Å²) in [6, 6.07) is 9.24. The van der Waals surface area contributed by atoms with Gasteiger partial charge in [-0.25, -0.2) is 0 Å². The highest BCUT2D eigenvalue weighted by molar-refractivity contribution is 14.1. The van der Waals surface area contributed by atoms with Gasteiger partial charge in [-0.15, -0.1) is 0 Å². The van der Waals surface area contributed by atoms with Gasteiger partial charge in [-0.2, -0.15) is 0 Å². The molecule has 0 bridgehead atoms. The zero-order valence-corrected chi connectivity index (χ0v) is 11.4. The van der Waals surface area contributed by atoms with Crippen LogP contribution in [-0.2, 0) is 6.54 Å². The van der Waals surface area contributed by atoms with Crippen LogP contribution in [0.4, 0.5) is 0 Å². The maximum absolute atomic E-state index is 11.9. The van der Waals surface area contributed by atoms with Crippen LogP contribution in [0.5, 0.6) is 0 Å². The number of benzene rings is 1. The third kappa shape index (κ3) is 3.06. The average molecular weight is 342 g/mol. The predicted molar refractivity (Wildman–Crippen MR) is 71.6 cm³/mol. The SMILES string of the molecule is Cc1cc(CNC(=O)c2ccccc2I)on1. The topological polar surface area (TPSA) is 55.1 Å². The minimum absolute atomic E-state index is 0.107. The fourth-order valence-corrected chi connectivity index (χ4v) is 2.04.